The van der Waals surface area contributed by atoms with Crippen LogP contribution >= 0.6 is 11.6 Å². The quantitative estimate of drug-likeness (QED) is 0.431. The summed E-state index contributed by atoms with van der Waals surface area (Å²) in [4.78, 5) is 36.1. The number of benzene rings is 2. The lowest BCUT2D eigenvalue weighted by atomic mass is 9.88. The predicted octanol–water partition coefficient (Wildman–Crippen LogP) is 4.28. The minimum Gasteiger partial charge on any atom is -0.497 e. The van der Waals surface area contributed by atoms with Gasteiger partial charge in [-0.1, -0.05) is 11.6 Å². The van der Waals surface area contributed by atoms with E-state index in [0.717, 1.165) is 5.56 Å². The Kier molecular flexibility index (Phi) is 7.51. The van der Waals surface area contributed by atoms with Gasteiger partial charge in [0.2, 0.25) is 0 Å². The number of likely N-dealkylation sites (tertiary alicyclic amines) is 1. The van der Waals surface area contributed by atoms with Crippen LogP contribution in [0.4, 0.5) is 0 Å². The predicted molar refractivity (Wildman–Crippen MR) is 131 cm³/mol. The highest BCUT2D eigenvalue weighted by molar-refractivity contribution is 6.30. The number of amides is 1. The zero-order chi connectivity index (χ0) is 24.8. The lowest BCUT2D eigenvalue weighted by Gasteiger charge is -2.27. The van der Waals surface area contributed by atoms with Crippen LogP contribution in [0.5, 0.6) is 11.5 Å². The van der Waals surface area contributed by atoms with Crippen molar-refractivity contribution in [2.24, 2.45) is 5.41 Å². The van der Waals surface area contributed by atoms with E-state index in [1.54, 1.807) is 55.3 Å². The molecule has 1 amide bonds. The molecule has 0 N–H and O–H groups in total. The van der Waals surface area contributed by atoms with Crippen molar-refractivity contribution < 1.29 is 23.8 Å². The lowest BCUT2D eigenvalue weighted by molar-refractivity contribution is -0.156. The maximum atomic E-state index is 13.1. The molecular weight excluding hydrogens is 470 g/mol. The summed E-state index contributed by atoms with van der Waals surface area (Å²) >= 11 is 5.85. The molecule has 35 heavy (non-hydrogen) atoms. The van der Waals surface area contributed by atoms with Crippen LogP contribution in [0.15, 0.2) is 60.9 Å². The Labute approximate surface area is 208 Å². The van der Waals surface area contributed by atoms with Gasteiger partial charge in [-0.15, -0.1) is 0 Å². The van der Waals surface area contributed by atoms with Crippen LogP contribution in [0.25, 0.3) is 11.4 Å². The molecule has 1 aliphatic rings. The van der Waals surface area contributed by atoms with Gasteiger partial charge in [0.15, 0.2) is 5.82 Å². The average molecular weight is 496 g/mol. The normalized spacial score (nSPS) is 17.2. The number of methoxy groups -OCH3 is 1. The van der Waals surface area contributed by atoms with E-state index in [2.05, 4.69) is 9.97 Å². The van der Waals surface area contributed by atoms with Crippen LogP contribution in [0.2, 0.25) is 5.02 Å². The van der Waals surface area contributed by atoms with Gasteiger partial charge in [0, 0.05) is 36.6 Å². The van der Waals surface area contributed by atoms with Crippen LogP contribution in [0.1, 0.15) is 23.7 Å². The number of hydrogen-bond acceptors (Lipinski definition) is 7. The van der Waals surface area contributed by atoms with Crippen LogP contribution in [-0.2, 0) is 9.53 Å². The highest BCUT2D eigenvalue weighted by Crippen LogP contribution is 2.34. The van der Waals surface area contributed by atoms with Gasteiger partial charge in [-0.2, -0.15) is 0 Å². The highest BCUT2D eigenvalue weighted by atomic mass is 35.5. The SMILES string of the molecule is CCOC(=O)C1(COc2ccc(-c3ncc(Cl)cn3)cc2)CCN(C(=O)c2ccc(OC)cc2)C1. The number of ether oxygens (including phenoxy) is 3. The Balaban J connectivity index is 1.46. The summed E-state index contributed by atoms with van der Waals surface area (Å²) in [5.74, 6) is 1.30. The third kappa shape index (κ3) is 5.54. The second-order valence-corrected chi connectivity index (χ2v) is 8.68. The summed E-state index contributed by atoms with van der Waals surface area (Å²) in [6.07, 6.45) is 3.53. The smallest absolute Gasteiger partial charge is 0.317 e. The van der Waals surface area contributed by atoms with E-state index in [-0.39, 0.29) is 31.6 Å². The van der Waals surface area contributed by atoms with Crippen LogP contribution in [0.3, 0.4) is 0 Å². The first-order valence-electron chi connectivity index (χ1n) is 11.3. The third-order valence-electron chi connectivity index (χ3n) is 5.93. The number of carbonyl (C=O) groups excluding carboxylic acids is 2. The first-order valence-corrected chi connectivity index (χ1v) is 11.6. The summed E-state index contributed by atoms with van der Waals surface area (Å²) in [7, 11) is 1.57. The molecule has 1 unspecified atom stereocenters. The van der Waals surface area contributed by atoms with Gasteiger partial charge < -0.3 is 19.1 Å². The van der Waals surface area contributed by atoms with E-state index in [9.17, 15) is 9.59 Å². The molecular formula is C26H26ClN3O5. The van der Waals surface area contributed by atoms with E-state index in [1.807, 2.05) is 12.1 Å². The van der Waals surface area contributed by atoms with Crippen molar-refractivity contribution in [3.05, 3.63) is 71.5 Å². The Morgan fingerprint density at radius 3 is 2.31 bits per heavy atom. The largest absolute Gasteiger partial charge is 0.497 e. The molecule has 4 rings (SSSR count). The van der Waals surface area contributed by atoms with Gasteiger partial charge in [-0.05, 0) is 61.9 Å². The molecule has 0 radical (unpaired) electrons. The fourth-order valence-electron chi connectivity index (χ4n) is 3.97. The topological polar surface area (TPSA) is 90.9 Å². The number of aromatic nitrogens is 2. The van der Waals surface area contributed by atoms with E-state index < -0.39 is 5.41 Å². The summed E-state index contributed by atoms with van der Waals surface area (Å²) in [6.45, 7) is 2.75. The van der Waals surface area contributed by atoms with E-state index in [0.29, 0.717) is 40.9 Å². The lowest BCUT2D eigenvalue weighted by Crippen LogP contribution is -2.42. The Bertz CT molecular complexity index is 1170. The summed E-state index contributed by atoms with van der Waals surface area (Å²) < 4.78 is 16.5. The summed E-state index contributed by atoms with van der Waals surface area (Å²) in [5.41, 5.74) is 0.397. The number of halogens is 1. The maximum absolute atomic E-state index is 13.1. The Hall–Kier alpha value is -3.65. The molecule has 1 fully saturated rings. The molecule has 0 bridgehead atoms. The molecule has 182 valence electrons. The standard InChI is InChI=1S/C26H26ClN3O5/c1-3-34-25(32)26(12-13-30(16-26)24(31)19-6-8-21(33-2)9-7-19)17-35-22-10-4-18(5-11-22)23-28-14-20(27)15-29-23/h4-11,14-15H,3,12-13,16-17H2,1-2H3. The van der Waals surface area contributed by atoms with Crippen molar-refractivity contribution >= 4 is 23.5 Å². The number of hydrogen-bond donors (Lipinski definition) is 0. The fourth-order valence-corrected chi connectivity index (χ4v) is 4.07. The van der Waals surface area contributed by atoms with Crippen molar-refractivity contribution in [3.8, 4) is 22.9 Å². The fraction of sp³-hybridized carbons (Fsp3) is 0.308. The molecule has 0 saturated carbocycles. The summed E-state index contributed by atoms with van der Waals surface area (Å²) in [5, 5.41) is 0.467. The molecule has 3 aromatic rings. The number of carbonyl (C=O) groups is 2. The molecule has 0 aliphatic carbocycles. The van der Waals surface area contributed by atoms with Gasteiger partial charge >= 0.3 is 5.97 Å². The monoisotopic (exact) mass is 495 g/mol. The first-order chi connectivity index (χ1) is 16.9. The van der Waals surface area contributed by atoms with Gasteiger partial charge in [-0.3, -0.25) is 9.59 Å². The molecule has 2 aromatic carbocycles. The zero-order valence-corrected chi connectivity index (χ0v) is 20.3. The van der Waals surface area contributed by atoms with E-state index >= 15 is 0 Å². The number of nitrogens with zero attached hydrogens (tertiary/aromatic N) is 3. The number of esters is 1. The molecule has 1 atom stereocenters. The molecule has 1 aromatic heterocycles. The second kappa shape index (κ2) is 10.7. The van der Waals surface area contributed by atoms with Gasteiger partial charge in [0.1, 0.15) is 23.5 Å². The van der Waals surface area contributed by atoms with Gasteiger partial charge in [0.05, 0.1) is 18.7 Å². The van der Waals surface area contributed by atoms with Crippen molar-refractivity contribution in [1.29, 1.82) is 0 Å². The highest BCUT2D eigenvalue weighted by Gasteiger charge is 2.48. The van der Waals surface area contributed by atoms with Gasteiger partial charge in [0.25, 0.3) is 5.91 Å². The first kappa shape index (κ1) is 24.5. The summed E-state index contributed by atoms with van der Waals surface area (Å²) in [6, 6.07) is 14.2. The number of rotatable bonds is 8. The van der Waals surface area contributed by atoms with Crippen molar-refractivity contribution in [1.82, 2.24) is 14.9 Å². The van der Waals surface area contributed by atoms with Crippen molar-refractivity contribution in [2.45, 2.75) is 13.3 Å². The minimum absolute atomic E-state index is 0.0923. The molecule has 2 heterocycles. The average Bonchev–Trinajstić information content (AvgIpc) is 3.34. The van der Waals surface area contributed by atoms with Gasteiger partial charge in [-0.25, -0.2) is 9.97 Å². The third-order valence-corrected chi connectivity index (χ3v) is 6.13. The molecule has 8 nitrogen and oxygen atoms in total. The van der Waals surface area contributed by atoms with Crippen molar-refractivity contribution in [2.75, 3.05) is 33.4 Å². The molecule has 1 aliphatic heterocycles. The van der Waals surface area contributed by atoms with E-state index in [1.165, 1.54) is 12.4 Å². The Morgan fingerprint density at radius 2 is 1.69 bits per heavy atom. The molecule has 0 spiro atoms. The van der Waals surface area contributed by atoms with Crippen LogP contribution < -0.4 is 9.47 Å². The van der Waals surface area contributed by atoms with E-state index in [4.69, 9.17) is 25.8 Å². The Morgan fingerprint density at radius 1 is 1.03 bits per heavy atom. The zero-order valence-electron chi connectivity index (χ0n) is 19.6. The minimum atomic E-state index is -0.948. The maximum Gasteiger partial charge on any atom is 0.317 e. The van der Waals surface area contributed by atoms with Crippen molar-refractivity contribution in [3.63, 3.8) is 0 Å². The molecule has 9 heteroatoms. The molecule has 1 saturated heterocycles. The van der Waals surface area contributed by atoms with Crippen LogP contribution in [0, 0.1) is 5.41 Å². The van der Waals surface area contributed by atoms with Crippen LogP contribution in [-0.4, -0.2) is 60.2 Å². The second-order valence-electron chi connectivity index (χ2n) is 8.24.